The molecule has 5 heteroatoms. The number of anilines is 1. The number of nitrogens with zero attached hydrogens (tertiary/aromatic N) is 1. The largest absolute Gasteiger partial charge is 0.326 e. The van der Waals surface area contributed by atoms with Crippen LogP contribution >= 0.6 is 0 Å². The Kier molecular flexibility index (Phi) is 4.70. The molecule has 1 heterocycles. The van der Waals surface area contributed by atoms with Crippen LogP contribution in [0, 0.1) is 12.8 Å². The van der Waals surface area contributed by atoms with Crippen molar-refractivity contribution in [3.05, 3.63) is 53.1 Å². The maximum Gasteiger partial charge on any atom is 0.268 e. The molecular formula is C22H25N3O2. The van der Waals surface area contributed by atoms with Crippen LogP contribution in [0.3, 0.4) is 0 Å². The average Bonchev–Trinajstić information content (AvgIpc) is 2.89. The third-order valence-corrected chi connectivity index (χ3v) is 5.52. The van der Waals surface area contributed by atoms with E-state index in [2.05, 4.69) is 22.9 Å². The van der Waals surface area contributed by atoms with Crippen LogP contribution in [-0.2, 0) is 11.3 Å². The molecule has 4 rings (SSSR count). The minimum Gasteiger partial charge on any atom is -0.326 e. The number of fused-ring (bicyclic) bond motifs is 1. The number of hydrazine groups is 1. The third kappa shape index (κ3) is 3.60. The molecule has 140 valence electrons. The van der Waals surface area contributed by atoms with Gasteiger partial charge in [-0.1, -0.05) is 24.6 Å². The Morgan fingerprint density at radius 1 is 1.19 bits per heavy atom. The summed E-state index contributed by atoms with van der Waals surface area (Å²) in [5, 5.41) is 4.58. The zero-order valence-electron chi connectivity index (χ0n) is 15.8. The smallest absolute Gasteiger partial charge is 0.268 e. The van der Waals surface area contributed by atoms with Gasteiger partial charge in [-0.3, -0.25) is 14.6 Å². The van der Waals surface area contributed by atoms with Crippen LogP contribution in [0.2, 0.25) is 0 Å². The predicted octanol–water partition coefficient (Wildman–Crippen LogP) is 3.88. The first-order valence-corrected chi connectivity index (χ1v) is 9.58. The van der Waals surface area contributed by atoms with Crippen molar-refractivity contribution in [3.63, 3.8) is 0 Å². The molecule has 2 aromatic rings. The lowest BCUT2D eigenvalue weighted by Gasteiger charge is -2.28. The van der Waals surface area contributed by atoms with Crippen LogP contribution < -0.4 is 10.7 Å². The number of carbonyl (C=O) groups is 2. The molecular weight excluding hydrogens is 338 g/mol. The summed E-state index contributed by atoms with van der Waals surface area (Å²) in [6, 6.07) is 11.9. The number of benzene rings is 2. The Morgan fingerprint density at radius 2 is 2.00 bits per heavy atom. The van der Waals surface area contributed by atoms with Crippen LogP contribution in [0.5, 0.6) is 0 Å². The van der Waals surface area contributed by atoms with E-state index in [-0.39, 0.29) is 11.8 Å². The van der Waals surface area contributed by atoms with E-state index in [4.69, 9.17) is 0 Å². The molecule has 5 nitrogen and oxygen atoms in total. The first-order chi connectivity index (χ1) is 13.0. The molecule has 0 atom stereocenters. The molecule has 1 aliphatic heterocycles. The quantitative estimate of drug-likeness (QED) is 0.847. The predicted molar refractivity (Wildman–Crippen MR) is 106 cm³/mol. The lowest BCUT2D eigenvalue weighted by atomic mass is 9.86. The van der Waals surface area contributed by atoms with E-state index < -0.39 is 0 Å². The monoisotopic (exact) mass is 363 g/mol. The van der Waals surface area contributed by atoms with Crippen molar-refractivity contribution in [2.24, 2.45) is 5.92 Å². The summed E-state index contributed by atoms with van der Waals surface area (Å²) in [6.45, 7) is 4.97. The first-order valence-electron chi connectivity index (χ1n) is 9.58. The highest BCUT2D eigenvalue weighted by Gasteiger charge is 2.30. The van der Waals surface area contributed by atoms with Gasteiger partial charge in [0.2, 0.25) is 5.91 Å². The standard InChI is InChI=1S/C22H25N3O2/c1-14-9-18(17-7-4-8-20(11-17)24-15(2)26)10-19-13-25(22(27)21(14)19)23-12-16-5-3-6-16/h4,7-11,16,23H,3,5-6,12-13H2,1-2H3,(H,24,26). The van der Waals surface area contributed by atoms with Crippen LogP contribution in [-0.4, -0.2) is 23.4 Å². The molecule has 1 aliphatic carbocycles. The van der Waals surface area contributed by atoms with E-state index in [1.807, 2.05) is 31.2 Å². The Balaban J connectivity index is 1.57. The molecule has 0 spiro atoms. The Morgan fingerprint density at radius 3 is 2.70 bits per heavy atom. The van der Waals surface area contributed by atoms with Crippen molar-refractivity contribution in [1.82, 2.24) is 10.4 Å². The summed E-state index contributed by atoms with van der Waals surface area (Å²) in [6.07, 6.45) is 3.83. The van der Waals surface area contributed by atoms with Crippen LogP contribution in [0.4, 0.5) is 5.69 Å². The molecule has 0 radical (unpaired) electrons. The van der Waals surface area contributed by atoms with Crippen molar-refractivity contribution in [2.45, 2.75) is 39.7 Å². The van der Waals surface area contributed by atoms with Crippen molar-refractivity contribution in [1.29, 1.82) is 0 Å². The maximum atomic E-state index is 12.8. The van der Waals surface area contributed by atoms with Crippen molar-refractivity contribution < 1.29 is 9.59 Å². The Hall–Kier alpha value is -2.66. The normalized spacial score (nSPS) is 16.2. The Labute approximate surface area is 159 Å². The molecule has 2 N–H and O–H groups in total. The second-order valence-electron chi connectivity index (χ2n) is 7.64. The zero-order valence-corrected chi connectivity index (χ0v) is 15.8. The number of hydrogen-bond donors (Lipinski definition) is 2. The fraction of sp³-hybridized carbons (Fsp3) is 0.364. The highest BCUT2D eigenvalue weighted by atomic mass is 16.2. The van der Waals surface area contributed by atoms with E-state index in [9.17, 15) is 9.59 Å². The van der Waals surface area contributed by atoms with E-state index >= 15 is 0 Å². The molecule has 2 aromatic carbocycles. The van der Waals surface area contributed by atoms with E-state index in [1.165, 1.54) is 26.2 Å². The Bertz CT molecular complexity index is 902. The number of aryl methyl sites for hydroxylation is 1. The minimum absolute atomic E-state index is 0.0698. The summed E-state index contributed by atoms with van der Waals surface area (Å²) < 4.78 is 0. The summed E-state index contributed by atoms with van der Waals surface area (Å²) in [5.74, 6) is 0.686. The van der Waals surface area contributed by atoms with Crippen molar-refractivity contribution in [2.75, 3.05) is 11.9 Å². The van der Waals surface area contributed by atoms with Gasteiger partial charge in [0, 0.05) is 24.7 Å². The van der Waals surface area contributed by atoms with Crippen LogP contribution in [0.25, 0.3) is 11.1 Å². The summed E-state index contributed by atoms with van der Waals surface area (Å²) >= 11 is 0. The number of rotatable bonds is 5. The van der Waals surface area contributed by atoms with Gasteiger partial charge in [-0.25, -0.2) is 5.43 Å². The van der Waals surface area contributed by atoms with Crippen LogP contribution in [0.15, 0.2) is 36.4 Å². The van der Waals surface area contributed by atoms with E-state index in [0.29, 0.717) is 12.5 Å². The lowest BCUT2D eigenvalue weighted by Crippen LogP contribution is -2.42. The van der Waals surface area contributed by atoms with Gasteiger partial charge in [0.25, 0.3) is 5.91 Å². The second-order valence-corrected chi connectivity index (χ2v) is 7.64. The summed E-state index contributed by atoms with van der Waals surface area (Å²) in [5.41, 5.74) is 9.07. The topological polar surface area (TPSA) is 61.4 Å². The van der Waals surface area contributed by atoms with Gasteiger partial charge in [0.1, 0.15) is 0 Å². The molecule has 0 saturated heterocycles. The molecule has 0 unspecified atom stereocenters. The van der Waals surface area contributed by atoms with E-state index in [1.54, 1.807) is 5.01 Å². The number of hydrogen-bond acceptors (Lipinski definition) is 3. The maximum absolute atomic E-state index is 12.8. The lowest BCUT2D eigenvalue weighted by molar-refractivity contribution is -0.114. The van der Waals surface area contributed by atoms with Crippen LogP contribution in [0.1, 0.15) is 47.7 Å². The highest BCUT2D eigenvalue weighted by Crippen LogP contribution is 2.32. The van der Waals surface area contributed by atoms with Gasteiger partial charge < -0.3 is 5.32 Å². The molecule has 1 fully saturated rings. The molecule has 2 aliphatic rings. The first kappa shape index (κ1) is 17.7. The zero-order chi connectivity index (χ0) is 19.0. The summed E-state index contributed by atoms with van der Waals surface area (Å²) in [7, 11) is 0. The van der Waals surface area contributed by atoms with Crippen molar-refractivity contribution in [3.8, 4) is 11.1 Å². The van der Waals surface area contributed by atoms with Crippen molar-refractivity contribution >= 4 is 17.5 Å². The fourth-order valence-electron chi connectivity index (χ4n) is 3.88. The SMILES string of the molecule is CC(=O)Nc1cccc(-c2cc(C)c3c(c2)CN(NCC2CCC2)C3=O)c1. The molecule has 2 amide bonds. The molecule has 0 aromatic heterocycles. The van der Waals surface area contributed by atoms with Gasteiger partial charge in [-0.05, 0) is 66.1 Å². The third-order valence-electron chi connectivity index (χ3n) is 5.52. The molecule has 0 bridgehead atoms. The number of nitrogens with one attached hydrogen (secondary N) is 2. The van der Waals surface area contributed by atoms with Gasteiger partial charge in [0.05, 0.1) is 6.54 Å². The summed E-state index contributed by atoms with van der Waals surface area (Å²) in [4.78, 5) is 24.1. The van der Waals surface area contributed by atoms with E-state index in [0.717, 1.165) is 40.0 Å². The molecule has 27 heavy (non-hydrogen) atoms. The van der Waals surface area contributed by atoms with Gasteiger partial charge in [-0.15, -0.1) is 0 Å². The highest BCUT2D eigenvalue weighted by molar-refractivity contribution is 6.00. The number of amides is 2. The average molecular weight is 363 g/mol. The number of carbonyl (C=O) groups excluding carboxylic acids is 2. The minimum atomic E-state index is -0.0870. The van der Waals surface area contributed by atoms with Gasteiger partial charge >= 0.3 is 0 Å². The molecule has 1 saturated carbocycles. The second kappa shape index (κ2) is 7.16. The van der Waals surface area contributed by atoms with Gasteiger partial charge in [0.15, 0.2) is 0 Å². The fourth-order valence-corrected chi connectivity index (χ4v) is 3.88. The van der Waals surface area contributed by atoms with Gasteiger partial charge in [-0.2, -0.15) is 0 Å².